The molecule has 0 bridgehead atoms. The molecule has 1 aliphatic heterocycles. The van der Waals surface area contributed by atoms with Gasteiger partial charge in [0.05, 0.1) is 0 Å². The maximum atomic E-state index is 12.5. The van der Waals surface area contributed by atoms with Crippen molar-refractivity contribution in [2.24, 2.45) is 5.92 Å². The minimum absolute atomic E-state index is 0.153. The number of rotatable bonds is 6. The molecule has 1 saturated heterocycles. The van der Waals surface area contributed by atoms with E-state index in [-0.39, 0.29) is 15.4 Å². The fourth-order valence-corrected chi connectivity index (χ4v) is 5.46. The summed E-state index contributed by atoms with van der Waals surface area (Å²) in [6, 6.07) is 7.55. The number of nitrogens with one attached hydrogen (secondary N) is 2. The molecule has 0 spiro atoms. The summed E-state index contributed by atoms with van der Waals surface area (Å²) >= 11 is 0.815. The fourth-order valence-electron chi connectivity index (χ4n) is 3.27. The molecule has 28 heavy (non-hydrogen) atoms. The second-order valence-electron chi connectivity index (χ2n) is 7.18. The number of aromatic nitrogens is 2. The predicted octanol–water partition coefficient (Wildman–Crippen LogP) is 2.77. The number of anilines is 2. The standard InChI is InChI=1S/C18H25N5O3S2/c1-12-5-4-10-23(11-12)16-8-6-15(7-9-16)13(2)22-28(25,26)18-21-20-17(27-18)19-14(3)24/h6-9,12-13,22H,4-5,10-11H2,1-3H3,(H,19,20,24)/t12-,13+/m0/s1. The minimum Gasteiger partial charge on any atom is -0.371 e. The van der Waals surface area contributed by atoms with Gasteiger partial charge in [0.2, 0.25) is 15.4 Å². The molecule has 1 aromatic heterocycles. The molecule has 2 heterocycles. The van der Waals surface area contributed by atoms with Gasteiger partial charge in [-0.3, -0.25) is 4.79 Å². The van der Waals surface area contributed by atoms with E-state index in [1.807, 2.05) is 24.3 Å². The van der Waals surface area contributed by atoms with E-state index >= 15 is 0 Å². The van der Waals surface area contributed by atoms with Crippen LogP contribution >= 0.6 is 11.3 Å². The highest BCUT2D eigenvalue weighted by molar-refractivity contribution is 7.91. The van der Waals surface area contributed by atoms with Gasteiger partial charge in [-0.15, -0.1) is 10.2 Å². The van der Waals surface area contributed by atoms with Crippen LogP contribution in [0.25, 0.3) is 0 Å². The Labute approximate surface area is 169 Å². The summed E-state index contributed by atoms with van der Waals surface area (Å²) in [5.41, 5.74) is 2.03. The Morgan fingerprint density at radius 3 is 2.64 bits per heavy atom. The zero-order valence-corrected chi connectivity index (χ0v) is 17.8. The third kappa shape index (κ3) is 5.06. The lowest BCUT2D eigenvalue weighted by atomic mass is 9.99. The van der Waals surface area contributed by atoms with Crippen molar-refractivity contribution < 1.29 is 13.2 Å². The number of carbonyl (C=O) groups is 1. The lowest BCUT2D eigenvalue weighted by Gasteiger charge is -2.33. The topological polar surface area (TPSA) is 104 Å². The van der Waals surface area contributed by atoms with Crippen LogP contribution in [0.4, 0.5) is 10.8 Å². The van der Waals surface area contributed by atoms with Crippen molar-refractivity contribution in [3.63, 3.8) is 0 Å². The Morgan fingerprint density at radius 1 is 1.29 bits per heavy atom. The largest absolute Gasteiger partial charge is 0.371 e. The second-order valence-corrected chi connectivity index (χ2v) is 10.0. The van der Waals surface area contributed by atoms with Crippen LogP contribution in [-0.4, -0.2) is 37.6 Å². The summed E-state index contributed by atoms with van der Waals surface area (Å²) in [5, 5.41) is 9.94. The molecule has 1 amide bonds. The van der Waals surface area contributed by atoms with Crippen LogP contribution in [-0.2, 0) is 14.8 Å². The monoisotopic (exact) mass is 423 g/mol. The van der Waals surface area contributed by atoms with E-state index < -0.39 is 16.1 Å². The number of hydrogen-bond donors (Lipinski definition) is 2. The number of carbonyl (C=O) groups excluding carboxylic acids is 1. The van der Waals surface area contributed by atoms with E-state index in [4.69, 9.17) is 0 Å². The summed E-state index contributed by atoms with van der Waals surface area (Å²) < 4.78 is 27.5. The van der Waals surface area contributed by atoms with Crippen LogP contribution in [0.2, 0.25) is 0 Å². The van der Waals surface area contributed by atoms with E-state index in [1.54, 1.807) is 6.92 Å². The van der Waals surface area contributed by atoms with Crippen LogP contribution in [0.1, 0.15) is 45.2 Å². The Balaban J connectivity index is 1.67. The molecule has 0 unspecified atom stereocenters. The molecule has 2 atom stereocenters. The summed E-state index contributed by atoms with van der Waals surface area (Å²) in [4.78, 5) is 13.4. The van der Waals surface area contributed by atoms with Crippen LogP contribution in [0.15, 0.2) is 28.6 Å². The zero-order valence-electron chi connectivity index (χ0n) is 16.2. The van der Waals surface area contributed by atoms with Crippen molar-refractivity contribution in [2.75, 3.05) is 23.3 Å². The van der Waals surface area contributed by atoms with E-state index in [0.29, 0.717) is 5.92 Å². The molecular formula is C18H25N5O3S2. The average Bonchev–Trinajstić information content (AvgIpc) is 3.10. The minimum atomic E-state index is -3.83. The third-order valence-electron chi connectivity index (χ3n) is 4.67. The Kier molecular flexibility index (Phi) is 6.31. The molecule has 10 heteroatoms. The van der Waals surface area contributed by atoms with E-state index in [0.717, 1.165) is 35.7 Å². The van der Waals surface area contributed by atoms with Crippen molar-refractivity contribution in [1.82, 2.24) is 14.9 Å². The van der Waals surface area contributed by atoms with Gasteiger partial charge in [0, 0.05) is 31.7 Å². The highest BCUT2D eigenvalue weighted by atomic mass is 32.2. The normalized spacial score (nSPS) is 18.7. The molecule has 3 rings (SSSR count). The zero-order chi connectivity index (χ0) is 20.3. The average molecular weight is 424 g/mol. The van der Waals surface area contributed by atoms with Gasteiger partial charge in [0.25, 0.3) is 10.0 Å². The molecule has 2 N–H and O–H groups in total. The SMILES string of the molecule is CC(=O)Nc1nnc(S(=O)(=O)N[C@H](C)c2ccc(N3CCC[C@H](C)C3)cc2)s1. The van der Waals surface area contributed by atoms with E-state index in [9.17, 15) is 13.2 Å². The fraction of sp³-hybridized carbons (Fsp3) is 0.500. The first-order chi connectivity index (χ1) is 13.2. The maximum absolute atomic E-state index is 12.5. The molecule has 0 aliphatic carbocycles. The number of benzene rings is 1. The van der Waals surface area contributed by atoms with E-state index in [2.05, 4.69) is 32.1 Å². The summed E-state index contributed by atoms with van der Waals surface area (Å²) in [5.74, 6) is 0.359. The Hall–Kier alpha value is -2.04. The first-order valence-electron chi connectivity index (χ1n) is 9.23. The molecule has 1 fully saturated rings. The molecule has 1 aromatic carbocycles. The molecule has 0 saturated carbocycles. The Bertz CT molecular complexity index is 927. The molecule has 1 aliphatic rings. The maximum Gasteiger partial charge on any atom is 0.270 e. The Morgan fingerprint density at radius 2 is 2.00 bits per heavy atom. The summed E-state index contributed by atoms with van der Waals surface area (Å²) in [6.07, 6.45) is 2.46. The quantitative estimate of drug-likeness (QED) is 0.693. The molecular weight excluding hydrogens is 398 g/mol. The summed E-state index contributed by atoms with van der Waals surface area (Å²) in [6.45, 7) is 7.48. The van der Waals surface area contributed by atoms with Gasteiger partial charge >= 0.3 is 0 Å². The van der Waals surface area contributed by atoms with Gasteiger partial charge in [-0.1, -0.05) is 30.4 Å². The molecule has 152 valence electrons. The first kappa shape index (κ1) is 20.7. The van der Waals surface area contributed by atoms with Gasteiger partial charge in [-0.05, 0) is 43.4 Å². The van der Waals surface area contributed by atoms with Crippen molar-refractivity contribution in [3.8, 4) is 0 Å². The molecule has 0 radical (unpaired) electrons. The van der Waals surface area contributed by atoms with Crippen LogP contribution < -0.4 is 14.9 Å². The van der Waals surface area contributed by atoms with Gasteiger partial charge in [-0.2, -0.15) is 0 Å². The number of piperidine rings is 1. The van der Waals surface area contributed by atoms with E-state index in [1.165, 1.54) is 19.8 Å². The molecule has 8 nitrogen and oxygen atoms in total. The van der Waals surface area contributed by atoms with Gasteiger partial charge in [0.15, 0.2) is 0 Å². The second kappa shape index (κ2) is 8.54. The van der Waals surface area contributed by atoms with Crippen LogP contribution in [0.3, 0.4) is 0 Å². The lowest BCUT2D eigenvalue weighted by Crippen LogP contribution is -2.34. The first-order valence-corrected chi connectivity index (χ1v) is 11.5. The number of hydrogen-bond acceptors (Lipinski definition) is 7. The summed E-state index contributed by atoms with van der Waals surface area (Å²) in [7, 11) is -3.83. The smallest absolute Gasteiger partial charge is 0.270 e. The number of nitrogens with zero attached hydrogens (tertiary/aromatic N) is 3. The van der Waals surface area contributed by atoms with Gasteiger partial charge < -0.3 is 10.2 Å². The highest BCUT2D eigenvalue weighted by Gasteiger charge is 2.24. The lowest BCUT2D eigenvalue weighted by molar-refractivity contribution is -0.114. The number of amides is 1. The molecule has 2 aromatic rings. The number of sulfonamides is 1. The van der Waals surface area contributed by atoms with Crippen LogP contribution in [0.5, 0.6) is 0 Å². The van der Waals surface area contributed by atoms with Crippen molar-refractivity contribution in [3.05, 3.63) is 29.8 Å². The van der Waals surface area contributed by atoms with Crippen molar-refractivity contribution in [2.45, 2.75) is 44.0 Å². The van der Waals surface area contributed by atoms with Crippen LogP contribution in [0, 0.1) is 5.92 Å². The van der Waals surface area contributed by atoms with Crippen molar-refractivity contribution >= 4 is 38.1 Å². The van der Waals surface area contributed by atoms with Gasteiger partial charge in [-0.25, -0.2) is 13.1 Å². The predicted molar refractivity (Wildman–Crippen MR) is 110 cm³/mol. The van der Waals surface area contributed by atoms with Gasteiger partial charge in [0.1, 0.15) is 0 Å². The van der Waals surface area contributed by atoms with Crippen molar-refractivity contribution in [1.29, 1.82) is 0 Å². The third-order valence-corrected chi connectivity index (χ3v) is 7.41. The highest BCUT2D eigenvalue weighted by Crippen LogP contribution is 2.26.